The molecule has 1 amide bonds. The van der Waals surface area contributed by atoms with Gasteiger partial charge in [-0.25, -0.2) is 5.43 Å². The van der Waals surface area contributed by atoms with Gasteiger partial charge in [0.15, 0.2) is 0 Å². The van der Waals surface area contributed by atoms with Crippen LogP contribution in [0.2, 0.25) is 0 Å². The first-order valence-electron chi connectivity index (χ1n) is 7.07. The van der Waals surface area contributed by atoms with Crippen LogP contribution in [0.25, 0.3) is 0 Å². The van der Waals surface area contributed by atoms with Crippen LogP contribution in [0.5, 0.6) is 11.5 Å². The first kappa shape index (κ1) is 18.1. The molecule has 2 aromatic rings. The minimum absolute atomic E-state index is 0.0503. The molecule has 9 heteroatoms. The van der Waals surface area contributed by atoms with E-state index in [0.29, 0.717) is 22.8 Å². The summed E-state index contributed by atoms with van der Waals surface area (Å²) in [5.74, 6) is 0.672. The molecule has 1 heterocycles. The Morgan fingerprint density at radius 2 is 2.04 bits per heavy atom. The van der Waals surface area contributed by atoms with E-state index in [1.807, 2.05) is 6.07 Å². The Bertz CT molecular complexity index is 883. The van der Waals surface area contributed by atoms with Crippen molar-refractivity contribution in [1.29, 1.82) is 5.26 Å². The van der Waals surface area contributed by atoms with Crippen molar-refractivity contribution < 1.29 is 14.3 Å². The van der Waals surface area contributed by atoms with E-state index in [1.54, 1.807) is 32.2 Å². The summed E-state index contributed by atoms with van der Waals surface area (Å²) < 4.78 is 10.5. The Balaban J connectivity index is 2.27. The molecule has 8 nitrogen and oxygen atoms in total. The number of hydrogen-bond acceptors (Lipinski definition) is 8. The van der Waals surface area contributed by atoms with E-state index >= 15 is 0 Å². The third-order valence-electron chi connectivity index (χ3n) is 3.41. The van der Waals surface area contributed by atoms with Crippen molar-refractivity contribution in [2.45, 2.75) is 6.92 Å². The maximum absolute atomic E-state index is 12.3. The van der Waals surface area contributed by atoms with E-state index in [1.165, 1.54) is 7.11 Å². The molecule has 2 rings (SSSR count). The van der Waals surface area contributed by atoms with Crippen LogP contribution < -0.4 is 26.4 Å². The number of nitrogens with zero attached hydrogens (tertiary/aromatic N) is 2. The molecule has 0 saturated heterocycles. The lowest BCUT2D eigenvalue weighted by molar-refractivity contribution is 0.0959. The molecule has 1 aromatic heterocycles. The fourth-order valence-corrected chi connectivity index (χ4v) is 2.92. The number of thiophene rings is 1. The van der Waals surface area contributed by atoms with Gasteiger partial charge in [-0.3, -0.25) is 4.79 Å². The van der Waals surface area contributed by atoms with E-state index in [0.717, 1.165) is 11.3 Å². The molecule has 0 aliphatic carbocycles. The van der Waals surface area contributed by atoms with Gasteiger partial charge in [0.2, 0.25) is 0 Å². The lowest BCUT2D eigenvalue weighted by Crippen LogP contribution is -2.19. The van der Waals surface area contributed by atoms with Crippen LogP contribution in [0.4, 0.5) is 10.7 Å². The Hall–Kier alpha value is -3.25. The van der Waals surface area contributed by atoms with Gasteiger partial charge in [0.1, 0.15) is 33.0 Å². The minimum Gasteiger partial charge on any atom is -0.497 e. The zero-order valence-electron chi connectivity index (χ0n) is 13.9. The quantitative estimate of drug-likeness (QED) is 0.551. The topological polar surface area (TPSA) is 136 Å². The molecule has 1 aromatic carbocycles. The minimum atomic E-state index is -0.545. The van der Waals surface area contributed by atoms with Crippen LogP contribution >= 0.6 is 11.3 Å². The first-order chi connectivity index (χ1) is 11.9. The van der Waals surface area contributed by atoms with Gasteiger partial charge in [-0.05, 0) is 25.1 Å². The van der Waals surface area contributed by atoms with Crippen molar-refractivity contribution in [3.8, 4) is 17.6 Å². The molecule has 0 unspecified atom stereocenters. The highest BCUT2D eigenvalue weighted by Crippen LogP contribution is 2.32. The van der Waals surface area contributed by atoms with E-state index < -0.39 is 5.91 Å². The number of carbonyl (C=O) groups is 1. The van der Waals surface area contributed by atoms with Crippen molar-refractivity contribution in [2.24, 2.45) is 5.10 Å². The summed E-state index contributed by atoms with van der Waals surface area (Å²) in [7, 11) is 3.09. The number of nitrogens with two attached hydrogens (primary N) is 2. The van der Waals surface area contributed by atoms with Crippen molar-refractivity contribution >= 4 is 33.6 Å². The monoisotopic (exact) mass is 359 g/mol. The largest absolute Gasteiger partial charge is 0.497 e. The second-order valence-electron chi connectivity index (χ2n) is 4.90. The van der Waals surface area contributed by atoms with Gasteiger partial charge >= 0.3 is 0 Å². The number of rotatable bonds is 5. The molecule has 0 spiro atoms. The van der Waals surface area contributed by atoms with Gasteiger partial charge in [-0.1, -0.05) is 0 Å². The molecular weight excluding hydrogens is 342 g/mol. The number of carbonyl (C=O) groups excluding carboxylic acids is 1. The molecular formula is C16H17N5O3S. The van der Waals surface area contributed by atoms with Gasteiger partial charge < -0.3 is 20.9 Å². The number of nitrogen functional groups attached to an aromatic ring is 2. The van der Waals surface area contributed by atoms with Crippen molar-refractivity contribution in [2.75, 3.05) is 25.7 Å². The van der Waals surface area contributed by atoms with Gasteiger partial charge in [0.25, 0.3) is 5.91 Å². The molecule has 0 aliphatic heterocycles. The molecule has 0 saturated carbocycles. The molecule has 5 N–H and O–H groups in total. The zero-order valence-corrected chi connectivity index (χ0v) is 14.7. The van der Waals surface area contributed by atoms with Crippen LogP contribution in [0.1, 0.15) is 27.7 Å². The molecule has 0 radical (unpaired) electrons. The molecule has 0 atom stereocenters. The first-order valence-corrected chi connectivity index (χ1v) is 7.89. The van der Waals surface area contributed by atoms with E-state index in [9.17, 15) is 4.79 Å². The van der Waals surface area contributed by atoms with Crippen LogP contribution in [0, 0.1) is 11.3 Å². The average Bonchev–Trinajstić information content (AvgIpc) is 2.92. The predicted molar refractivity (Wildman–Crippen MR) is 97.1 cm³/mol. The van der Waals surface area contributed by atoms with Crippen LogP contribution in [0.15, 0.2) is 23.3 Å². The summed E-state index contributed by atoms with van der Waals surface area (Å²) in [5.41, 5.74) is 15.2. The third kappa shape index (κ3) is 3.64. The molecule has 0 aliphatic rings. The summed E-state index contributed by atoms with van der Waals surface area (Å²) in [6.45, 7) is 1.71. The predicted octanol–water partition coefficient (Wildman–Crippen LogP) is 1.96. The van der Waals surface area contributed by atoms with Gasteiger partial charge in [-0.15, -0.1) is 11.3 Å². The van der Waals surface area contributed by atoms with Crippen LogP contribution in [0.3, 0.4) is 0 Å². The second-order valence-corrected chi connectivity index (χ2v) is 5.95. The van der Waals surface area contributed by atoms with E-state index in [4.69, 9.17) is 26.2 Å². The number of anilines is 2. The maximum Gasteiger partial charge on any atom is 0.283 e. The Kier molecular flexibility index (Phi) is 5.46. The number of methoxy groups -OCH3 is 2. The number of benzene rings is 1. The third-order valence-corrected chi connectivity index (χ3v) is 4.45. The van der Waals surface area contributed by atoms with Gasteiger partial charge in [0, 0.05) is 5.56 Å². The highest BCUT2D eigenvalue weighted by Gasteiger charge is 2.19. The molecule has 0 fully saturated rings. The molecule has 25 heavy (non-hydrogen) atoms. The fraction of sp³-hybridized carbons (Fsp3) is 0.188. The molecule has 130 valence electrons. The van der Waals surface area contributed by atoms with Crippen molar-refractivity contribution in [1.82, 2.24) is 5.43 Å². The lowest BCUT2D eigenvalue weighted by Gasteiger charge is -2.10. The summed E-state index contributed by atoms with van der Waals surface area (Å²) in [5, 5.41) is 13.2. The smallest absolute Gasteiger partial charge is 0.283 e. The average molecular weight is 359 g/mol. The number of amides is 1. The number of nitrogens with one attached hydrogen (secondary N) is 1. The number of hydrogen-bond donors (Lipinski definition) is 3. The summed E-state index contributed by atoms with van der Waals surface area (Å²) in [6, 6.07) is 7.12. The van der Waals surface area contributed by atoms with Crippen molar-refractivity contribution in [3.63, 3.8) is 0 Å². The highest BCUT2D eigenvalue weighted by atomic mass is 32.1. The Labute approximate surface area is 148 Å². The number of nitriles is 1. The van der Waals surface area contributed by atoms with E-state index in [-0.39, 0.29) is 21.1 Å². The Morgan fingerprint density at radius 1 is 1.32 bits per heavy atom. The molecule has 0 bridgehead atoms. The summed E-state index contributed by atoms with van der Waals surface area (Å²) >= 11 is 0.939. The fourth-order valence-electron chi connectivity index (χ4n) is 2.09. The summed E-state index contributed by atoms with van der Waals surface area (Å²) in [6.07, 6.45) is 0. The SMILES string of the molecule is COc1ccc(OC)c(C(C)=NNC(=O)c2sc(N)c(C#N)c2N)c1. The van der Waals surface area contributed by atoms with Crippen molar-refractivity contribution in [3.05, 3.63) is 34.2 Å². The Morgan fingerprint density at radius 3 is 2.60 bits per heavy atom. The lowest BCUT2D eigenvalue weighted by atomic mass is 10.1. The number of ether oxygens (including phenoxy) is 2. The van der Waals surface area contributed by atoms with Gasteiger partial charge in [0.05, 0.1) is 25.6 Å². The van der Waals surface area contributed by atoms with E-state index in [2.05, 4.69) is 10.5 Å². The van der Waals surface area contributed by atoms with Crippen LogP contribution in [-0.4, -0.2) is 25.8 Å². The maximum atomic E-state index is 12.3. The van der Waals surface area contributed by atoms with Gasteiger partial charge in [-0.2, -0.15) is 10.4 Å². The standard InChI is InChI=1S/C16H17N5O3S/c1-8(10-6-9(23-2)4-5-12(10)24-3)20-21-16(22)14-13(18)11(7-17)15(19)25-14/h4-6H,18-19H2,1-3H3,(H,21,22). The van der Waals surface area contributed by atoms with Crippen LogP contribution in [-0.2, 0) is 0 Å². The second kappa shape index (κ2) is 7.55. The highest BCUT2D eigenvalue weighted by molar-refractivity contribution is 7.18. The summed E-state index contributed by atoms with van der Waals surface area (Å²) in [4.78, 5) is 12.4. The number of hydrazone groups is 1. The normalized spacial score (nSPS) is 10.9. The zero-order chi connectivity index (χ0) is 18.6.